The van der Waals surface area contributed by atoms with Gasteiger partial charge in [0.2, 0.25) is 0 Å². The predicted octanol–water partition coefficient (Wildman–Crippen LogP) is 3.49. The molecule has 1 aromatic rings. The van der Waals surface area contributed by atoms with Crippen LogP contribution >= 0.6 is 0 Å². The average Bonchev–Trinajstić information content (AvgIpc) is 2.29. The van der Waals surface area contributed by atoms with E-state index in [1.807, 2.05) is 6.07 Å². The zero-order valence-corrected chi connectivity index (χ0v) is 10.9. The van der Waals surface area contributed by atoms with E-state index in [2.05, 4.69) is 44.1 Å². The van der Waals surface area contributed by atoms with E-state index in [0.29, 0.717) is 6.04 Å². The Kier molecular flexibility index (Phi) is 5.33. The van der Waals surface area contributed by atoms with Gasteiger partial charge in [0.15, 0.2) is 0 Å². The minimum absolute atomic E-state index is 0.495. The Balaban J connectivity index is 2.82. The lowest BCUT2D eigenvalue weighted by Crippen LogP contribution is -2.19. The summed E-state index contributed by atoms with van der Waals surface area (Å²) in [5.74, 6) is 0.945. The molecule has 0 aromatic heterocycles. The van der Waals surface area contributed by atoms with Gasteiger partial charge in [0.25, 0.3) is 0 Å². The Morgan fingerprint density at radius 1 is 1.31 bits per heavy atom. The molecule has 0 fully saturated rings. The number of methoxy groups -OCH3 is 1. The molecule has 0 heterocycles. The monoisotopic (exact) mass is 221 g/mol. The molecular formula is C14H23NO. The Morgan fingerprint density at radius 3 is 2.62 bits per heavy atom. The van der Waals surface area contributed by atoms with E-state index < -0.39 is 0 Å². The van der Waals surface area contributed by atoms with Crippen LogP contribution in [0.1, 0.15) is 37.8 Å². The van der Waals surface area contributed by atoms with Gasteiger partial charge >= 0.3 is 0 Å². The predicted molar refractivity (Wildman–Crippen MR) is 68.9 cm³/mol. The number of nitrogens with zero attached hydrogens (tertiary/aromatic N) is 1. The van der Waals surface area contributed by atoms with Crippen LogP contribution in [-0.4, -0.2) is 26.1 Å². The molecule has 0 aliphatic carbocycles. The second-order valence-corrected chi connectivity index (χ2v) is 4.40. The van der Waals surface area contributed by atoms with E-state index in [1.165, 1.54) is 24.8 Å². The minimum atomic E-state index is 0.495. The van der Waals surface area contributed by atoms with Crippen LogP contribution in [0.15, 0.2) is 24.3 Å². The Morgan fingerprint density at radius 2 is 2.06 bits per heavy atom. The Hall–Kier alpha value is -1.02. The molecule has 0 saturated carbocycles. The first-order valence-electron chi connectivity index (χ1n) is 5.99. The van der Waals surface area contributed by atoms with Crippen LogP contribution in [0.4, 0.5) is 0 Å². The number of hydrogen-bond acceptors (Lipinski definition) is 2. The first-order chi connectivity index (χ1) is 7.69. The quantitative estimate of drug-likeness (QED) is 0.729. The summed E-state index contributed by atoms with van der Waals surface area (Å²) in [5.41, 5.74) is 1.35. The largest absolute Gasteiger partial charge is 0.497 e. The number of benzene rings is 1. The first-order valence-corrected chi connectivity index (χ1v) is 5.99. The SMILES string of the molecule is CCCCC(c1cccc(OC)c1)N(C)C. The smallest absolute Gasteiger partial charge is 0.119 e. The van der Waals surface area contributed by atoms with E-state index in [1.54, 1.807) is 7.11 Å². The van der Waals surface area contributed by atoms with Gasteiger partial charge in [0.1, 0.15) is 5.75 Å². The van der Waals surface area contributed by atoms with Crippen molar-refractivity contribution in [3.63, 3.8) is 0 Å². The molecule has 0 radical (unpaired) electrons. The minimum Gasteiger partial charge on any atom is -0.497 e. The van der Waals surface area contributed by atoms with E-state index in [9.17, 15) is 0 Å². The number of ether oxygens (including phenoxy) is 1. The highest BCUT2D eigenvalue weighted by Gasteiger charge is 2.13. The van der Waals surface area contributed by atoms with Gasteiger partial charge < -0.3 is 9.64 Å². The molecule has 1 aromatic carbocycles. The highest BCUT2D eigenvalue weighted by molar-refractivity contribution is 5.30. The van der Waals surface area contributed by atoms with Gasteiger partial charge in [0, 0.05) is 6.04 Å². The third-order valence-electron chi connectivity index (χ3n) is 2.93. The zero-order valence-electron chi connectivity index (χ0n) is 10.9. The number of hydrogen-bond donors (Lipinski definition) is 0. The van der Waals surface area contributed by atoms with Crippen LogP contribution in [0, 0.1) is 0 Å². The summed E-state index contributed by atoms with van der Waals surface area (Å²) in [4.78, 5) is 2.28. The van der Waals surface area contributed by atoms with E-state index in [-0.39, 0.29) is 0 Å². The third kappa shape index (κ3) is 3.53. The molecule has 1 unspecified atom stereocenters. The van der Waals surface area contributed by atoms with Gasteiger partial charge in [-0.2, -0.15) is 0 Å². The van der Waals surface area contributed by atoms with Crippen LogP contribution in [0.5, 0.6) is 5.75 Å². The second-order valence-electron chi connectivity index (χ2n) is 4.40. The lowest BCUT2D eigenvalue weighted by molar-refractivity contribution is 0.277. The van der Waals surface area contributed by atoms with Crippen LogP contribution in [0.25, 0.3) is 0 Å². The first kappa shape index (κ1) is 13.0. The molecule has 0 spiro atoms. The van der Waals surface area contributed by atoms with Crippen molar-refractivity contribution in [1.29, 1.82) is 0 Å². The Bertz CT molecular complexity index is 309. The van der Waals surface area contributed by atoms with E-state index in [0.717, 1.165) is 5.75 Å². The molecule has 90 valence electrons. The molecule has 0 aliphatic rings. The topological polar surface area (TPSA) is 12.5 Å². The van der Waals surface area contributed by atoms with Crippen molar-refractivity contribution in [3.8, 4) is 5.75 Å². The second kappa shape index (κ2) is 6.54. The lowest BCUT2D eigenvalue weighted by atomic mass is 10.00. The fourth-order valence-electron chi connectivity index (χ4n) is 1.97. The fraction of sp³-hybridized carbons (Fsp3) is 0.571. The molecule has 16 heavy (non-hydrogen) atoms. The summed E-state index contributed by atoms with van der Waals surface area (Å²) in [6.07, 6.45) is 3.71. The summed E-state index contributed by atoms with van der Waals surface area (Å²) < 4.78 is 5.27. The van der Waals surface area contributed by atoms with Gasteiger partial charge in [-0.05, 0) is 38.2 Å². The maximum absolute atomic E-state index is 5.27. The highest BCUT2D eigenvalue weighted by Crippen LogP contribution is 2.26. The molecule has 2 nitrogen and oxygen atoms in total. The van der Waals surface area contributed by atoms with Gasteiger partial charge in [-0.25, -0.2) is 0 Å². The van der Waals surface area contributed by atoms with Crippen LogP contribution < -0.4 is 4.74 Å². The van der Waals surface area contributed by atoms with E-state index >= 15 is 0 Å². The van der Waals surface area contributed by atoms with Crippen molar-refractivity contribution >= 4 is 0 Å². The molecule has 1 rings (SSSR count). The molecule has 0 N–H and O–H groups in total. The normalized spacial score (nSPS) is 12.8. The molecule has 1 atom stereocenters. The molecule has 0 amide bonds. The standard InChI is InChI=1S/C14H23NO/c1-5-6-10-14(15(2)3)12-8-7-9-13(11-12)16-4/h7-9,11,14H,5-6,10H2,1-4H3. The van der Waals surface area contributed by atoms with Gasteiger partial charge in [0.05, 0.1) is 7.11 Å². The summed E-state index contributed by atoms with van der Waals surface area (Å²) in [6.45, 7) is 2.23. The third-order valence-corrected chi connectivity index (χ3v) is 2.93. The fourth-order valence-corrected chi connectivity index (χ4v) is 1.97. The molecule has 0 aliphatic heterocycles. The lowest BCUT2D eigenvalue weighted by Gasteiger charge is -2.25. The maximum Gasteiger partial charge on any atom is 0.119 e. The van der Waals surface area contributed by atoms with Crippen LogP contribution in [0.2, 0.25) is 0 Å². The number of unbranched alkanes of at least 4 members (excludes halogenated alkanes) is 1. The summed E-state index contributed by atoms with van der Waals surface area (Å²) in [5, 5.41) is 0. The van der Waals surface area contributed by atoms with Crippen molar-refractivity contribution in [2.24, 2.45) is 0 Å². The summed E-state index contributed by atoms with van der Waals surface area (Å²) in [7, 11) is 6.00. The highest BCUT2D eigenvalue weighted by atomic mass is 16.5. The van der Waals surface area contributed by atoms with Crippen molar-refractivity contribution in [1.82, 2.24) is 4.90 Å². The summed E-state index contributed by atoms with van der Waals surface area (Å²) >= 11 is 0. The number of rotatable bonds is 6. The zero-order chi connectivity index (χ0) is 12.0. The van der Waals surface area contributed by atoms with Crippen molar-refractivity contribution in [2.45, 2.75) is 32.2 Å². The van der Waals surface area contributed by atoms with E-state index in [4.69, 9.17) is 4.74 Å². The van der Waals surface area contributed by atoms with Gasteiger partial charge in [-0.15, -0.1) is 0 Å². The molecule has 0 bridgehead atoms. The molecular weight excluding hydrogens is 198 g/mol. The Labute approximate surface area is 99.2 Å². The average molecular weight is 221 g/mol. The molecule has 2 heteroatoms. The van der Waals surface area contributed by atoms with Gasteiger partial charge in [-0.3, -0.25) is 0 Å². The summed E-state index contributed by atoms with van der Waals surface area (Å²) in [6, 6.07) is 8.88. The van der Waals surface area contributed by atoms with Crippen molar-refractivity contribution in [2.75, 3.05) is 21.2 Å². The van der Waals surface area contributed by atoms with Crippen LogP contribution in [-0.2, 0) is 0 Å². The van der Waals surface area contributed by atoms with Crippen molar-refractivity contribution < 1.29 is 4.74 Å². The van der Waals surface area contributed by atoms with Gasteiger partial charge in [-0.1, -0.05) is 31.9 Å². The van der Waals surface area contributed by atoms with Crippen molar-refractivity contribution in [3.05, 3.63) is 29.8 Å². The maximum atomic E-state index is 5.27. The van der Waals surface area contributed by atoms with Crippen LogP contribution in [0.3, 0.4) is 0 Å². The molecule has 0 saturated heterocycles.